The third-order valence-electron chi connectivity index (χ3n) is 6.22. The molecule has 3 aromatic rings. The predicted molar refractivity (Wildman–Crippen MR) is 132 cm³/mol. The van der Waals surface area contributed by atoms with Gasteiger partial charge in [-0.05, 0) is 63.8 Å². The minimum absolute atomic E-state index is 0.0841. The summed E-state index contributed by atoms with van der Waals surface area (Å²) in [5.74, 6) is -0.728. The number of hydrogen-bond donors (Lipinski definition) is 3. The second kappa shape index (κ2) is 10.6. The van der Waals surface area contributed by atoms with Crippen LogP contribution in [0.1, 0.15) is 67.7 Å². The van der Waals surface area contributed by atoms with E-state index < -0.39 is 41.5 Å². The van der Waals surface area contributed by atoms with Crippen LogP contribution < -0.4 is 10.6 Å². The van der Waals surface area contributed by atoms with E-state index in [1.807, 2.05) is 0 Å². The highest BCUT2D eigenvalue weighted by Gasteiger charge is 2.34. The highest BCUT2D eigenvalue weighted by molar-refractivity contribution is 6.31. The van der Waals surface area contributed by atoms with Crippen LogP contribution in [0.4, 0.5) is 27.6 Å². The molecule has 0 saturated heterocycles. The molecule has 4 rings (SSSR count). The number of hydrogen-bond acceptors (Lipinski definition) is 5. The quantitative estimate of drug-likeness (QED) is 0.310. The van der Waals surface area contributed by atoms with Crippen molar-refractivity contribution in [1.29, 1.82) is 0 Å². The SMILES string of the molecule is CC(C)(O)Cn1cc(C(=O)NC2CCC[C@H](Nc3cc(C(F)(F)F)nc4ccc(Cl)cc34)C2)c(C(F)F)n1. The fourth-order valence-corrected chi connectivity index (χ4v) is 4.82. The molecule has 7 nitrogen and oxygen atoms in total. The van der Waals surface area contributed by atoms with Crippen LogP contribution >= 0.6 is 11.6 Å². The van der Waals surface area contributed by atoms with Crippen molar-refractivity contribution in [2.24, 2.45) is 0 Å². The Morgan fingerprint density at radius 2 is 1.92 bits per heavy atom. The zero-order chi connectivity index (χ0) is 27.8. The van der Waals surface area contributed by atoms with Gasteiger partial charge in [0.05, 0.1) is 23.2 Å². The molecule has 0 spiro atoms. The van der Waals surface area contributed by atoms with Gasteiger partial charge in [0.25, 0.3) is 12.3 Å². The van der Waals surface area contributed by atoms with Gasteiger partial charge in [-0.15, -0.1) is 0 Å². The van der Waals surface area contributed by atoms with Gasteiger partial charge in [-0.1, -0.05) is 11.6 Å². The van der Waals surface area contributed by atoms with E-state index in [4.69, 9.17) is 11.6 Å². The molecule has 1 amide bonds. The smallest absolute Gasteiger partial charge is 0.389 e. The first-order valence-electron chi connectivity index (χ1n) is 12.0. The first-order chi connectivity index (χ1) is 17.7. The molecule has 2 atom stereocenters. The van der Waals surface area contributed by atoms with E-state index in [0.717, 1.165) is 10.7 Å². The number of halogens is 6. The van der Waals surface area contributed by atoms with Gasteiger partial charge in [0, 0.05) is 34.4 Å². The maximum Gasteiger partial charge on any atom is 0.433 e. The highest BCUT2D eigenvalue weighted by Crippen LogP contribution is 2.35. The van der Waals surface area contributed by atoms with Crippen molar-refractivity contribution in [2.45, 2.75) is 76.4 Å². The average molecular weight is 560 g/mol. The number of amides is 1. The van der Waals surface area contributed by atoms with E-state index in [1.54, 1.807) is 0 Å². The van der Waals surface area contributed by atoms with Crippen LogP contribution in [0, 0.1) is 0 Å². The lowest BCUT2D eigenvalue weighted by atomic mass is 9.90. The number of nitrogens with one attached hydrogen (secondary N) is 2. The molecule has 13 heteroatoms. The summed E-state index contributed by atoms with van der Waals surface area (Å²) in [6, 6.07) is 4.64. The molecule has 38 heavy (non-hydrogen) atoms. The molecule has 3 N–H and O–H groups in total. The number of pyridine rings is 1. The van der Waals surface area contributed by atoms with Crippen molar-refractivity contribution in [2.75, 3.05) is 5.32 Å². The average Bonchev–Trinajstić information content (AvgIpc) is 3.21. The Hall–Kier alpha value is -2.99. The van der Waals surface area contributed by atoms with Gasteiger partial charge in [-0.2, -0.15) is 18.3 Å². The Morgan fingerprint density at radius 1 is 1.21 bits per heavy atom. The van der Waals surface area contributed by atoms with Gasteiger partial charge in [0.1, 0.15) is 11.4 Å². The van der Waals surface area contributed by atoms with Crippen LogP contribution in [-0.2, 0) is 12.7 Å². The van der Waals surface area contributed by atoms with Crippen molar-refractivity contribution in [3.8, 4) is 0 Å². The van der Waals surface area contributed by atoms with Gasteiger partial charge < -0.3 is 15.7 Å². The topological polar surface area (TPSA) is 92.1 Å². The third-order valence-corrected chi connectivity index (χ3v) is 6.46. The Balaban J connectivity index is 1.52. The van der Waals surface area contributed by atoms with E-state index in [-0.39, 0.29) is 29.4 Å². The number of carbonyl (C=O) groups excluding carboxylic acids is 1. The van der Waals surface area contributed by atoms with Crippen LogP contribution in [0.25, 0.3) is 10.9 Å². The maximum atomic E-state index is 13.6. The van der Waals surface area contributed by atoms with Gasteiger partial charge in [0.15, 0.2) is 0 Å². The fraction of sp³-hybridized carbons (Fsp3) is 0.480. The van der Waals surface area contributed by atoms with Crippen LogP contribution in [0.15, 0.2) is 30.5 Å². The lowest BCUT2D eigenvalue weighted by molar-refractivity contribution is -0.140. The number of nitrogens with zero attached hydrogens (tertiary/aromatic N) is 3. The zero-order valence-corrected chi connectivity index (χ0v) is 21.4. The molecular formula is C25H27ClF5N5O2. The first-order valence-corrected chi connectivity index (χ1v) is 12.4. The Bertz CT molecular complexity index is 1320. The van der Waals surface area contributed by atoms with Gasteiger partial charge in [0.2, 0.25) is 0 Å². The number of aromatic nitrogens is 3. The zero-order valence-electron chi connectivity index (χ0n) is 20.6. The van der Waals surface area contributed by atoms with E-state index >= 15 is 0 Å². The normalized spacial score (nSPS) is 18.7. The Kier molecular flexibility index (Phi) is 7.85. The number of alkyl halides is 5. The summed E-state index contributed by atoms with van der Waals surface area (Å²) < 4.78 is 68.6. The lowest BCUT2D eigenvalue weighted by Crippen LogP contribution is -2.42. The standard InChI is InChI=1S/C25H27ClF5N5O2/c1-24(2,38)12-36-11-17(21(35-36)22(27)28)23(37)33-15-5-3-4-14(9-15)32-19-10-20(25(29,30)31)34-18-7-6-13(26)8-16(18)19/h6-8,10-11,14-15,22,38H,3-5,9,12H2,1-2H3,(H,32,34)(H,33,37)/t14-,15?/m0/s1. The molecule has 1 saturated carbocycles. The largest absolute Gasteiger partial charge is 0.433 e. The summed E-state index contributed by atoms with van der Waals surface area (Å²) in [6.45, 7) is 2.89. The summed E-state index contributed by atoms with van der Waals surface area (Å²) in [5.41, 5.74) is -2.89. The summed E-state index contributed by atoms with van der Waals surface area (Å²) in [5, 5.41) is 20.4. The first kappa shape index (κ1) is 28.0. The number of aliphatic hydroxyl groups is 1. The minimum atomic E-state index is -4.65. The summed E-state index contributed by atoms with van der Waals surface area (Å²) >= 11 is 6.07. The van der Waals surface area contributed by atoms with Crippen molar-refractivity contribution in [3.05, 3.63) is 52.4 Å². The molecule has 1 fully saturated rings. The molecule has 0 bridgehead atoms. The number of carbonyl (C=O) groups is 1. The van der Waals surface area contributed by atoms with Crippen molar-refractivity contribution in [1.82, 2.24) is 20.1 Å². The molecule has 2 heterocycles. The minimum Gasteiger partial charge on any atom is -0.389 e. The Morgan fingerprint density at radius 3 is 2.58 bits per heavy atom. The summed E-state index contributed by atoms with van der Waals surface area (Å²) in [4.78, 5) is 16.6. The van der Waals surface area contributed by atoms with Gasteiger partial charge in [-0.3, -0.25) is 9.48 Å². The number of anilines is 1. The van der Waals surface area contributed by atoms with Crippen molar-refractivity contribution in [3.63, 3.8) is 0 Å². The van der Waals surface area contributed by atoms with E-state index in [1.165, 1.54) is 38.2 Å². The third kappa shape index (κ3) is 6.71. The molecule has 0 aliphatic heterocycles. The van der Waals surface area contributed by atoms with Crippen molar-refractivity contribution < 1.29 is 31.9 Å². The lowest BCUT2D eigenvalue weighted by Gasteiger charge is -2.31. The van der Waals surface area contributed by atoms with E-state index in [2.05, 4.69) is 20.7 Å². The molecular weight excluding hydrogens is 533 g/mol. The fourth-order valence-electron chi connectivity index (χ4n) is 4.65. The van der Waals surface area contributed by atoms with Gasteiger partial charge in [-0.25, -0.2) is 13.8 Å². The van der Waals surface area contributed by atoms with Crippen LogP contribution in [0.5, 0.6) is 0 Å². The molecule has 2 aromatic heterocycles. The van der Waals surface area contributed by atoms with Gasteiger partial charge >= 0.3 is 6.18 Å². The predicted octanol–water partition coefficient (Wildman–Crippen LogP) is 5.97. The highest BCUT2D eigenvalue weighted by atomic mass is 35.5. The molecule has 1 aromatic carbocycles. The van der Waals surface area contributed by atoms with Crippen LogP contribution in [0.2, 0.25) is 5.02 Å². The molecule has 1 aliphatic rings. The van der Waals surface area contributed by atoms with E-state index in [9.17, 15) is 31.9 Å². The monoisotopic (exact) mass is 559 g/mol. The Labute approximate surface area is 220 Å². The number of rotatable bonds is 7. The van der Waals surface area contributed by atoms with Crippen LogP contribution in [0.3, 0.4) is 0 Å². The van der Waals surface area contributed by atoms with Crippen LogP contribution in [-0.4, -0.2) is 43.5 Å². The number of fused-ring (bicyclic) bond motifs is 1. The van der Waals surface area contributed by atoms with E-state index in [0.29, 0.717) is 36.1 Å². The molecule has 0 radical (unpaired) electrons. The second-order valence-electron chi connectivity index (χ2n) is 10.1. The maximum absolute atomic E-state index is 13.6. The molecule has 1 unspecified atom stereocenters. The second-order valence-corrected chi connectivity index (χ2v) is 10.6. The number of benzene rings is 1. The summed E-state index contributed by atoms with van der Waals surface area (Å²) in [6.07, 6.45) is -4.25. The summed E-state index contributed by atoms with van der Waals surface area (Å²) in [7, 11) is 0. The molecule has 206 valence electrons. The van der Waals surface area contributed by atoms with Crippen molar-refractivity contribution >= 4 is 34.1 Å². The molecule has 1 aliphatic carbocycles.